The third-order valence-corrected chi connectivity index (χ3v) is 3.80. The average Bonchev–Trinajstić information content (AvgIpc) is 2.57. The average molecular weight is 255 g/mol. The molecule has 0 atom stereocenters. The Morgan fingerprint density at radius 3 is 2.94 bits per heavy atom. The Kier molecular flexibility index (Phi) is 3.89. The highest BCUT2D eigenvalue weighted by Crippen LogP contribution is 2.26. The number of anilines is 1. The van der Waals surface area contributed by atoms with E-state index in [2.05, 4.69) is 0 Å². The molecule has 0 unspecified atom stereocenters. The van der Waals surface area contributed by atoms with Crippen molar-refractivity contribution in [3.63, 3.8) is 0 Å². The Labute approximate surface area is 104 Å². The van der Waals surface area contributed by atoms with Gasteiger partial charge in [-0.2, -0.15) is 11.8 Å². The molecule has 5 heteroatoms. The molecule has 3 nitrogen and oxygen atoms in total. The SMILES string of the molecule is O=C(O)c1cccc(F)c1N1CCCSCC1. The number of para-hydroxylation sites is 1. The number of carboxylic acids is 1. The zero-order valence-electron chi connectivity index (χ0n) is 9.36. The van der Waals surface area contributed by atoms with Crippen molar-refractivity contribution in [1.29, 1.82) is 0 Å². The molecule has 0 amide bonds. The highest BCUT2D eigenvalue weighted by molar-refractivity contribution is 7.99. The highest BCUT2D eigenvalue weighted by Gasteiger charge is 2.20. The van der Waals surface area contributed by atoms with E-state index in [0.717, 1.165) is 17.9 Å². The molecule has 0 aromatic heterocycles. The Morgan fingerprint density at radius 1 is 1.35 bits per heavy atom. The van der Waals surface area contributed by atoms with Gasteiger partial charge in [-0.25, -0.2) is 9.18 Å². The minimum absolute atomic E-state index is 0.0527. The summed E-state index contributed by atoms with van der Waals surface area (Å²) in [6, 6.07) is 4.22. The van der Waals surface area contributed by atoms with Gasteiger partial charge in [-0.3, -0.25) is 0 Å². The molecule has 1 aliphatic rings. The van der Waals surface area contributed by atoms with Crippen LogP contribution in [0.5, 0.6) is 0 Å². The van der Waals surface area contributed by atoms with Crippen molar-refractivity contribution in [3.8, 4) is 0 Å². The second-order valence-corrected chi connectivity index (χ2v) is 5.12. The Balaban J connectivity index is 2.37. The first kappa shape index (κ1) is 12.2. The summed E-state index contributed by atoms with van der Waals surface area (Å²) < 4.78 is 13.8. The number of halogens is 1. The molecule has 17 heavy (non-hydrogen) atoms. The number of hydrogen-bond donors (Lipinski definition) is 1. The van der Waals surface area contributed by atoms with Gasteiger partial charge < -0.3 is 10.0 Å². The van der Waals surface area contributed by atoms with Gasteiger partial charge in [-0.1, -0.05) is 6.07 Å². The van der Waals surface area contributed by atoms with E-state index in [0.29, 0.717) is 13.1 Å². The molecule has 92 valence electrons. The lowest BCUT2D eigenvalue weighted by atomic mass is 10.1. The molecule has 0 radical (unpaired) electrons. The molecule has 2 rings (SSSR count). The maximum absolute atomic E-state index is 13.8. The summed E-state index contributed by atoms with van der Waals surface area (Å²) in [5, 5.41) is 9.09. The summed E-state index contributed by atoms with van der Waals surface area (Å²) in [4.78, 5) is 13.0. The fraction of sp³-hybridized carbons (Fsp3) is 0.417. The molecule has 1 aromatic rings. The van der Waals surface area contributed by atoms with E-state index in [1.54, 1.807) is 0 Å². The predicted molar refractivity (Wildman–Crippen MR) is 67.5 cm³/mol. The molecule has 0 aliphatic carbocycles. The molecular formula is C12H14FNO2S. The summed E-state index contributed by atoms with van der Waals surface area (Å²) in [5.41, 5.74) is 0.291. The van der Waals surface area contributed by atoms with Crippen LogP contribution in [0.4, 0.5) is 10.1 Å². The number of thioether (sulfide) groups is 1. The summed E-state index contributed by atoms with van der Waals surface area (Å²) in [7, 11) is 0. The summed E-state index contributed by atoms with van der Waals surface area (Å²) in [6.45, 7) is 1.42. The van der Waals surface area contributed by atoms with E-state index in [1.807, 2.05) is 16.7 Å². The molecular weight excluding hydrogens is 241 g/mol. The zero-order chi connectivity index (χ0) is 12.3. The van der Waals surface area contributed by atoms with Crippen LogP contribution >= 0.6 is 11.8 Å². The van der Waals surface area contributed by atoms with Crippen molar-refractivity contribution in [2.45, 2.75) is 6.42 Å². The number of hydrogen-bond acceptors (Lipinski definition) is 3. The molecule has 1 saturated heterocycles. The van der Waals surface area contributed by atoms with Crippen LogP contribution < -0.4 is 4.90 Å². The molecule has 1 fully saturated rings. The fourth-order valence-corrected chi connectivity index (χ4v) is 2.87. The van der Waals surface area contributed by atoms with E-state index in [1.165, 1.54) is 18.2 Å². The first-order chi connectivity index (χ1) is 8.20. The van der Waals surface area contributed by atoms with Gasteiger partial charge >= 0.3 is 5.97 Å². The van der Waals surface area contributed by atoms with Gasteiger partial charge in [0.15, 0.2) is 0 Å². The van der Waals surface area contributed by atoms with Crippen molar-refractivity contribution in [1.82, 2.24) is 0 Å². The van der Waals surface area contributed by atoms with Gasteiger partial charge in [0.2, 0.25) is 0 Å². The molecule has 0 spiro atoms. The minimum Gasteiger partial charge on any atom is -0.478 e. The first-order valence-electron chi connectivity index (χ1n) is 5.54. The topological polar surface area (TPSA) is 40.5 Å². The zero-order valence-corrected chi connectivity index (χ0v) is 10.2. The van der Waals surface area contributed by atoms with E-state index in [-0.39, 0.29) is 11.3 Å². The second kappa shape index (κ2) is 5.40. The van der Waals surface area contributed by atoms with Crippen LogP contribution in [0.15, 0.2) is 18.2 Å². The Morgan fingerprint density at radius 2 is 2.18 bits per heavy atom. The van der Waals surface area contributed by atoms with Gasteiger partial charge in [-0.15, -0.1) is 0 Å². The monoisotopic (exact) mass is 255 g/mol. The van der Waals surface area contributed by atoms with Gasteiger partial charge in [0, 0.05) is 18.8 Å². The minimum atomic E-state index is -1.07. The molecule has 1 heterocycles. The standard InChI is InChI=1S/C12H14FNO2S/c13-10-4-1-3-9(12(15)16)11(10)14-5-2-7-17-8-6-14/h1,3-4H,2,5-8H2,(H,15,16). The highest BCUT2D eigenvalue weighted by atomic mass is 32.2. The first-order valence-corrected chi connectivity index (χ1v) is 6.70. The normalized spacial score (nSPS) is 16.6. The summed E-state index contributed by atoms with van der Waals surface area (Å²) in [6.07, 6.45) is 0.956. The van der Waals surface area contributed by atoms with Crippen molar-refractivity contribution in [3.05, 3.63) is 29.6 Å². The third kappa shape index (κ3) is 2.72. The molecule has 0 saturated carbocycles. The van der Waals surface area contributed by atoms with Crippen molar-refractivity contribution in [2.75, 3.05) is 29.5 Å². The van der Waals surface area contributed by atoms with E-state index >= 15 is 0 Å². The lowest BCUT2D eigenvalue weighted by Gasteiger charge is -2.24. The molecule has 1 N–H and O–H groups in total. The van der Waals surface area contributed by atoms with Crippen LogP contribution in [0.25, 0.3) is 0 Å². The van der Waals surface area contributed by atoms with E-state index in [9.17, 15) is 9.18 Å². The number of nitrogens with zero attached hydrogens (tertiary/aromatic N) is 1. The maximum atomic E-state index is 13.8. The number of rotatable bonds is 2. The van der Waals surface area contributed by atoms with Crippen molar-refractivity contribution < 1.29 is 14.3 Å². The van der Waals surface area contributed by atoms with Crippen LogP contribution in [0, 0.1) is 5.82 Å². The smallest absolute Gasteiger partial charge is 0.337 e. The largest absolute Gasteiger partial charge is 0.478 e. The number of benzene rings is 1. The second-order valence-electron chi connectivity index (χ2n) is 3.89. The summed E-state index contributed by atoms with van der Waals surface area (Å²) >= 11 is 1.82. The summed E-state index contributed by atoms with van der Waals surface area (Å²) in [5.74, 6) is 0.439. The fourth-order valence-electron chi connectivity index (χ4n) is 1.98. The van der Waals surface area contributed by atoms with Gasteiger partial charge in [0.25, 0.3) is 0 Å². The van der Waals surface area contributed by atoms with Crippen LogP contribution in [0.2, 0.25) is 0 Å². The van der Waals surface area contributed by atoms with Gasteiger partial charge in [-0.05, 0) is 24.3 Å². The van der Waals surface area contributed by atoms with E-state index < -0.39 is 11.8 Å². The number of aromatic carboxylic acids is 1. The van der Waals surface area contributed by atoms with Crippen molar-refractivity contribution in [2.24, 2.45) is 0 Å². The van der Waals surface area contributed by atoms with Gasteiger partial charge in [0.1, 0.15) is 5.82 Å². The van der Waals surface area contributed by atoms with E-state index in [4.69, 9.17) is 5.11 Å². The predicted octanol–water partition coefficient (Wildman–Crippen LogP) is 2.47. The van der Waals surface area contributed by atoms with Crippen LogP contribution in [-0.4, -0.2) is 35.7 Å². The van der Waals surface area contributed by atoms with Crippen LogP contribution in [-0.2, 0) is 0 Å². The number of carboxylic acid groups (broad SMARTS) is 1. The van der Waals surface area contributed by atoms with Crippen LogP contribution in [0.1, 0.15) is 16.8 Å². The van der Waals surface area contributed by atoms with Crippen LogP contribution in [0.3, 0.4) is 0 Å². The van der Waals surface area contributed by atoms with Gasteiger partial charge in [0.05, 0.1) is 11.3 Å². The third-order valence-electron chi connectivity index (χ3n) is 2.76. The molecule has 0 bridgehead atoms. The quantitative estimate of drug-likeness (QED) is 0.881. The Bertz CT molecular complexity index is 417. The molecule has 1 aromatic carbocycles. The lowest BCUT2D eigenvalue weighted by molar-refractivity contribution is 0.0697. The Hall–Kier alpha value is -1.23. The maximum Gasteiger partial charge on any atom is 0.337 e. The lowest BCUT2D eigenvalue weighted by Crippen LogP contribution is -2.28. The molecule has 1 aliphatic heterocycles. The van der Waals surface area contributed by atoms with Crippen molar-refractivity contribution >= 4 is 23.4 Å². The number of carbonyl (C=O) groups is 1.